The summed E-state index contributed by atoms with van der Waals surface area (Å²) >= 11 is 0. The van der Waals surface area contributed by atoms with E-state index in [0.29, 0.717) is 0 Å². The number of imidazole rings is 1. The van der Waals surface area contributed by atoms with Crippen molar-refractivity contribution >= 4 is 92.4 Å². The summed E-state index contributed by atoms with van der Waals surface area (Å²) in [4.78, 5) is 5.42. The Hall–Kier alpha value is -6.45. The van der Waals surface area contributed by atoms with Gasteiger partial charge in [-0.1, -0.05) is 127 Å². The van der Waals surface area contributed by atoms with Gasteiger partial charge in [0.2, 0.25) is 0 Å². The van der Waals surface area contributed by atoms with Crippen LogP contribution in [0.2, 0.25) is 0 Å². The topological polar surface area (TPSA) is 30.4 Å². The molecule has 11 aromatic rings. The highest BCUT2D eigenvalue weighted by Crippen LogP contribution is 2.41. The molecule has 3 nitrogen and oxygen atoms in total. The zero-order valence-electron chi connectivity index (χ0n) is 26.7. The summed E-state index contributed by atoms with van der Waals surface area (Å²) in [5.74, 6) is 0.863. The van der Waals surface area contributed by atoms with Gasteiger partial charge in [0, 0.05) is 21.5 Å². The first-order valence-electron chi connectivity index (χ1n) is 16.8. The van der Waals surface area contributed by atoms with Crippen LogP contribution in [0.4, 0.5) is 0 Å². The summed E-state index contributed by atoms with van der Waals surface area (Å²) in [5, 5.41) is 14.2. The molecule has 0 amide bonds. The third kappa shape index (κ3) is 3.70. The van der Waals surface area contributed by atoms with Gasteiger partial charge in [-0.2, -0.15) is 0 Å². The van der Waals surface area contributed by atoms with Crippen LogP contribution in [0.15, 0.2) is 156 Å². The van der Waals surface area contributed by atoms with E-state index in [1.54, 1.807) is 0 Å². The van der Waals surface area contributed by atoms with E-state index < -0.39 is 0 Å². The minimum absolute atomic E-state index is 0.846. The molecule has 0 aliphatic heterocycles. The van der Waals surface area contributed by atoms with E-state index in [1.807, 2.05) is 0 Å². The molecular weight excluding hydrogens is 597 g/mol. The number of nitrogens with zero attached hydrogens (tertiary/aromatic N) is 2. The van der Waals surface area contributed by atoms with E-state index in [4.69, 9.17) is 9.40 Å². The molecule has 0 aliphatic rings. The molecule has 0 radical (unpaired) electrons. The summed E-state index contributed by atoms with van der Waals surface area (Å²) < 4.78 is 9.26. The van der Waals surface area contributed by atoms with E-state index in [-0.39, 0.29) is 0 Å². The van der Waals surface area contributed by atoms with Gasteiger partial charge in [0.05, 0.1) is 22.1 Å². The summed E-state index contributed by atoms with van der Waals surface area (Å²) in [7, 11) is 0. The third-order valence-electron chi connectivity index (χ3n) is 10.4. The lowest BCUT2D eigenvalue weighted by Gasteiger charge is -2.06. The maximum absolute atomic E-state index is 6.89. The van der Waals surface area contributed by atoms with Gasteiger partial charge in [0.25, 0.3) is 0 Å². The van der Waals surface area contributed by atoms with E-state index in [1.165, 1.54) is 48.7 Å². The highest BCUT2D eigenvalue weighted by atomic mass is 16.3. The van der Waals surface area contributed by atoms with Crippen molar-refractivity contribution in [1.29, 1.82) is 0 Å². The van der Waals surface area contributed by atoms with Gasteiger partial charge in [0.1, 0.15) is 17.0 Å². The van der Waals surface area contributed by atoms with Crippen LogP contribution in [-0.4, -0.2) is 9.38 Å². The van der Waals surface area contributed by atoms with E-state index >= 15 is 0 Å². The number of benzene rings is 8. The van der Waals surface area contributed by atoms with Crippen LogP contribution in [0, 0.1) is 6.92 Å². The van der Waals surface area contributed by atoms with Crippen molar-refractivity contribution in [3.8, 4) is 11.4 Å². The Morgan fingerprint density at radius 3 is 1.90 bits per heavy atom. The molecule has 0 spiro atoms. The van der Waals surface area contributed by atoms with Crippen molar-refractivity contribution in [2.45, 2.75) is 6.92 Å². The first-order valence-corrected chi connectivity index (χ1v) is 16.8. The first kappa shape index (κ1) is 26.6. The normalized spacial score (nSPS) is 12.2. The van der Waals surface area contributed by atoms with Gasteiger partial charge in [-0.05, 0) is 80.3 Å². The Bertz CT molecular complexity index is 3240. The molecule has 0 saturated carbocycles. The number of furan rings is 1. The van der Waals surface area contributed by atoms with E-state index in [2.05, 4.69) is 163 Å². The number of para-hydroxylation sites is 3. The molecule has 3 heteroatoms. The number of aryl methyl sites for hydroxylation is 1. The first-order chi connectivity index (χ1) is 24.2. The number of fused-ring (bicyclic) bond motifs is 13. The molecular formula is C46H28N2O. The van der Waals surface area contributed by atoms with Crippen molar-refractivity contribution in [2.75, 3.05) is 0 Å². The van der Waals surface area contributed by atoms with Crippen molar-refractivity contribution in [1.82, 2.24) is 9.38 Å². The molecule has 0 bridgehead atoms. The van der Waals surface area contributed by atoms with Crippen molar-refractivity contribution in [2.24, 2.45) is 0 Å². The van der Waals surface area contributed by atoms with Crippen LogP contribution in [0.1, 0.15) is 5.56 Å². The van der Waals surface area contributed by atoms with Crippen molar-refractivity contribution < 1.29 is 4.42 Å². The second-order valence-corrected chi connectivity index (χ2v) is 13.2. The molecule has 11 rings (SSSR count). The van der Waals surface area contributed by atoms with E-state index in [0.717, 1.165) is 60.6 Å². The Kier molecular flexibility index (Phi) is 5.31. The van der Waals surface area contributed by atoms with Gasteiger partial charge in [0.15, 0.2) is 0 Å². The highest BCUT2D eigenvalue weighted by Gasteiger charge is 2.20. The quantitative estimate of drug-likeness (QED) is 0.170. The molecule has 0 N–H and O–H groups in total. The molecule has 8 aromatic carbocycles. The van der Waals surface area contributed by atoms with Crippen LogP contribution in [0.3, 0.4) is 0 Å². The standard InChI is InChI=1S/C46H28N2O/c1-27-20-23-30-28(24-27)21-22-29-25-40-37-16-8-17-38(45(37)49-43(40)26-39(29)30)46-47-41-18-9-15-36-34-13-5-3-11-32(34)31-10-2-4-12-33(31)35-14-6-7-19-42(35)48(46)44(36)41/h2-26H,1H3. The molecule has 0 aliphatic carbocycles. The largest absolute Gasteiger partial charge is 0.455 e. The average Bonchev–Trinajstić information content (AvgIpc) is 3.72. The van der Waals surface area contributed by atoms with Crippen molar-refractivity contribution in [3.05, 3.63) is 157 Å². The van der Waals surface area contributed by atoms with Crippen LogP contribution < -0.4 is 0 Å². The van der Waals surface area contributed by atoms with Crippen LogP contribution in [-0.2, 0) is 0 Å². The van der Waals surface area contributed by atoms with Crippen LogP contribution >= 0.6 is 0 Å². The lowest BCUT2D eigenvalue weighted by atomic mass is 9.98. The lowest BCUT2D eigenvalue weighted by molar-refractivity contribution is 0.670. The average molecular weight is 625 g/mol. The molecule has 3 aromatic heterocycles. The van der Waals surface area contributed by atoms with Crippen molar-refractivity contribution in [3.63, 3.8) is 0 Å². The van der Waals surface area contributed by atoms with Gasteiger partial charge in [-0.15, -0.1) is 0 Å². The Labute approximate surface area is 280 Å². The van der Waals surface area contributed by atoms with Gasteiger partial charge in [-0.25, -0.2) is 4.98 Å². The molecule has 0 saturated heterocycles. The summed E-state index contributed by atoms with van der Waals surface area (Å²) in [6.07, 6.45) is 0. The fourth-order valence-electron chi connectivity index (χ4n) is 8.21. The van der Waals surface area contributed by atoms with E-state index in [9.17, 15) is 0 Å². The SMILES string of the molecule is Cc1ccc2c(ccc3cc4c(cc32)oc2c(-c3nc5cccc6c7ccccc7c7ccccc7c7ccccc7n3c56)cccc24)c1. The number of hydrogen-bond donors (Lipinski definition) is 0. The fraction of sp³-hybridized carbons (Fsp3) is 0.0217. The fourth-order valence-corrected chi connectivity index (χ4v) is 8.21. The number of hydrogen-bond acceptors (Lipinski definition) is 2. The zero-order chi connectivity index (χ0) is 32.2. The Morgan fingerprint density at radius 1 is 0.469 bits per heavy atom. The summed E-state index contributed by atoms with van der Waals surface area (Å²) in [5.41, 5.74) is 7.09. The molecule has 0 atom stereocenters. The predicted molar refractivity (Wildman–Crippen MR) is 206 cm³/mol. The molecule has 0 fully saturated rings. The second-order valence-electron chi connectivity index (χ2n) is 13.2. The minimum atomic E-state index is 0.846. The maximum Gasteiger partial charge on any atom is 0.149 e. The Balaban J connectivity index is 1.33. The van der Waals surface area contributed by atoms with Gasteiger partial charge in [-0.3, -0.25) is 4.40 Å². The number of rotatable bonds is 1. The molecule has 49 heavy (non-hydrogen) atoms. The number of aromatic nitrogens is 2. The van der Waals surface area contributed by atoms with Gasteiger partial charge < -0.3 is 4.42 Å². The highest BCUT2D eigenvalue weighted by molar-refractivity contribution is 6.22. The van der Waals surface area contributed by atoms with Gasteiger partial charge >= 0.3 is 0 Å². The predicted octanol–water partition coefficient (Wildman–Crippen LogP) is 12.7. The summed E-state index contributed by atoms with van der Waals surface area (Å²) in [6.45, 7) is 2.14. The zero-order valence-corrected chi connectivity index (χ0v) is 26.7. The van der Waals surface area contributed by atoms with Crippen LogP contribution in [0.5, 0.6) is 0 Å². The molecule has 228 valence electrons. The molecule has 0 unspecified atom stereocenters. The van der Waals surface area contributed by atoms with Crippen LogP contribution in [0.25, 0.3) is 104 Å². The smallest absolute Gasteiger partial charge is 0.149 e. The third-order valence-corrected chi connectivity index (χ3v) is 10.4. The second kappa shape index (κ2) is 9.79. The Morgan fingerprint density at radius 2 is 1.10 bits per heavy atom. The lowest BCUT2D eigenvalue weighted by Crippen LogP contribution is -1.91. The summed E-state index contributed by atoms with van der Waals surface area (Å²) in [6, 6.07) is 54.8. The monoisotopic (exact) mass is 624 g/mol. The minimum Gasteiger partial charge on any atom is -0.455 e. The molecule has 3 heterocycles. The maximum atomic E-state index is 6.89.